The van der Waals surface area contributed by atoms with Crippen molar-refractivity contribution >= 4 is 37.5 Å². The van der Waals surface area contributed by atoms with Crippen LogP contribution >= 0.6 is 31.9 Å². The van der Waals surface area contributed by atoms with Crippen LogP contribution in [0.15, 0.2) is 27.1 Å². The molecule has 4 heteroatoms. The lowest BCUT2D eigenvalue weighted by atomic mass is 9.95. The van der Waals surface area contributed by atoms with Crippen LogP contribution in [0.1, 0.15) is 32.6 Å². The molecule has 2 atom stereocenters. The van der Waals surface area contributed by atoms with Crippen molar-refractivity contribution in [3.8, 4) is 0 Å². The number of piperidine rings is 1. The average molecular weight is 402 g/mol. The summed E-state index contributed by atoms with van der Waals surface area (Å²) in [5.41, 5.74) is 1.34. The minimum atomic E-state index is 0.634. The van der Waals surface area contributed by atoms with Crippen molar-refractivity contribution in [2.24, 2.45) is 0 Å². The number of fused-ring (bicyclic) bond motifs is 1. The molecule has 2 nitrogen and oxygen atoms in total. The Balaban J connectivity index is 1.88. The molecule has 2 fully saturated rings. The van der Waals surface area contributed by atoms with Crippen LogP contribution in [-0.4, -0.2) is 36.6 Å². The van der Waals surface area contributed by atoms with Gasteiger partial charge < -0.3 is 4.90 Å². The Kier molecular flexibility index (Phi) is 4.73. The van der Waals surface area contributed by atoms with Crippen LogP contribution < -0.4 is 4.90 Å². The number of halogens is 2. The van der Waals surface area contributed by atoms with E-state index in [0.717, 1.165) is 10.5 Å². The van der Waals surface area contributed by atoms with Gasteiger partial charge in [-0.15, -0.1) is 0 Å². The van der Waals surface area contributed by atoms with Crippen molar-refractivity contribution in [2.75, 3.05) is 24.5 Å². The largest absolute Gasteiger partial charge is 0.365 e. The highest BCUT2D eigenvalue weighted by Crippen LogP contribution is 2.35. The highest BCUT2D eigenvalue weighted by molar-refractivity contribution is 9.11. The van der Waals surface area contributed by atoms with Crippen LogP contribution in [0.3, 0.4) is 0 Å². The monoisotopic (exact) mass is 400 g/mol. The maximum Gasteiger partial charge on any atom is 0.0525 e. The van der Waals surface area contributed by atoms with E-state index in [1.165, 1.54) is 55.5 Å². The maximum absolute atomic E-state index is 3.73. The number of nitrogens with zero attached hydrogens (tertiary/aromatic N) is 2. The number of benzene rings is 1. The zero-order valence-corrected chi connectivity index (χ0v) is 15.2. The van der Waals surface area contributed by atoms with Gasteiger partial charge in [0.15, 0.2) is 0 Å². The third kappa shape index (κ3) is 2.93. The first-order valence-electron chi connectivity index (χ1n) is 7.64. The van der Waals surface area contributed by atoms with Gasteiger partial charge in [0, 0.05) is 34.1 Å². The summed E-state index contributed by atoms with van der Waals surface area (Å²) in [5.74, 6) is 0. The van der Waals surface area contributed by atoms with E-state index in [0.29, 0.717) is 6.04 Å². The normalized spacial score (nSPS) is 27.4. The van der Waals surface area contributed by atoms with Gasteiger partial charge in [-0.1, -0.05) is 29.3 Å². The molecule has 1 aromatic carbocycles. The molecule has 2 aliphatic heterocycles. The molecule has 0 spiro atoms. The van der Waals surface area contributed by atoms with Gasteiger partial charge in [-0.05, 0) is 59.9 Å². The van der Waals surface area contributed by atoms with Crippen molar-refractivity contribution in [3.05, 3.63) is 27.1 Å². The minimum absolute atomic E-state index is 0.634. The fourth-order valence-electron chi connectivity index (χ4n) is 3.60. The molecule has 0 aromatic heterocycles. The van der Waals surface area contributed by atoms with Gasteiger partial charge in [-0.25, -0.2) is 0 Å². The molecule has 0 saturated carbocycles. The maximum atomic E-state index is 3.73. The van der Waals surface area contributed by atoms with Crippen LogP contribution in [0.2, 0.25) is 0 Å². The fraction of sp³-hybridized carbons (Fsp3) is 0.625. The Bertz CT molecular complexity index is 478. The third-order valence-corrected chi connectivity index (χ3v) is 5.90. The van der Waals surface area contributed by atoms with Gasteiger partial charge in [0.2, 0.25) is 0 Å². The molecule has 0 N–H and O–H groups in total. The van der Waals surface area contributed by atoms with Gasteiger partial charge in [-0.3, -0.25) is 4.90 Å². The topological polar surface area (TPSA) is 6.48 Å². The van der Waals surface area contributed by atoms with E-state index in [1.807, 2.05) is 0 Å². The lowest BCUT2D eigenvalue weighted by molar-refractivity contribution is 0.111. The molecule has 2 heterocycles. The van der Waals surface area contributed by atoms with Crippen LogP contribution in [0.4, 0.5) is 5.69 Å². The summed E-state index contributed by atoms with van der Waals surface area (Å²) in [5, 5.41) is 0. The van der Waals surface area contributed by atoms with Crippen LogP contribution in [0.5, 0.6) is 0 Å². The number of hydrogen-bond donors (Lipinski definition) is 0. The Morgan fingerprint density at radius 3 is 2.85 bits per heavy atom. The summed E-state index contributed by atoms with van der Waals surface area (Å²) in [4.78, 5) is 5.35. The fourth-order valence-corrected chi connectivity index (χ4v) is 4.43. The number of hydrogen-bond acceptors (Lipinski definition) is 2. The third-order valence-electron chi connectivity index (χ3n) is 4.73. The second-order valence-electron chi connectivity index (χ2n) is 5.95. The molecule has 2 saturated heterocycles. The first-order valence-corrected chi connectivity index (χ1v) is 9.23. The minimum Gasteiger partial charge on any atom is -0.365 e. The number of piperazine rings is 1. The zero-order valence-electron chi connectivity index (χ0n) is 12.0. The molecule has 0 radical (unpaired) electrons. The second-order valence-corrected chi connectivity index (χ2v) is 7.72. The molecule has 0 bridgehead atoms. The van der Waals surface area contributed by atoms with Crippen LogP contribution in [0, 0.1) is 0 Å². The first-order chi connectivity index (χ1) is 9.69. The smallest absolute Gasteiger partial charge is 0.0525 e. The predicted octanol–water partition coefficient (Wildman–Crippen LogP) is 4.66. The Morgan fingerprint density at radius 2 is 2.05 bits per heavy atom. The molecule has 0 aliphatic carbocycles. The summed E-state index contributed by atoms with van der Waals surface area (Å²) < 4.78 is 2.38. The number of anilines is 1. The lowest BCUT2D eigenvalue weighted by Crippen LogP contribution is -2.59. The molecular weight excluding hydrogens is 380 g/mol. The quantitative estimate of drug-likeness (QED) is 0.710. The summed E-state index contributed by atoms with van der Waals surface area (Å²) in [6, 6.07) is 7.89. The van der Waals surface area contributed by atoms with E-state index < -0.39 is 0 Å². The Morgan fingerprint density at radius 1 is 1.20 bits per heavy atom. The summed E-state index contributed by atoms with van der Waals surface area (Å²) in [6.07, 6.45) is 5.35. The molecular formula is C16H22Br2N2. The molecule has 3 rings (SSSR count). The van der Waals surface area contributed by atoms with Crippen molar-refractivity contribution < 1.29 is 0 Å². The molecule has 110 valence electrons. The standard InChI is InChI=1S/C16H22Br2N2/c1-2-13-10-19-8-4-3-5-14(19)11-20(13)16-9-12(17)6-7-15(16)18/h6-7,9,13-14H,2-5,8,10-11H2,1H3. The van der Waals surface area contributed by atoms with Crippen LogP contribution in [-0.2, 0) is 0 Å². The highest BCUT2D eigenvalue weighted by Gasteiger charge is 2.34. The van der Waals surface area contributed by atoms with Crippen LogP contribution in [0.25, 0.3) is 0 Å². The lowest BCUT2D eigenvalue weighted by Gasteiger charge is -2.49. The Hall–Kier alpha value is -0.0600. The summed E-state index contributed by atoms with van der Waals surface area (Å²) >= 11 is 7.35. The SMILES string of the molecule is CCC1CN2CCCCC2CN1c1cc(Br)ccc1Br. The van der Waals surface area contributed by atoms with E-state index in [-0.39, 0.29) is 0 Å². The molecule has 2 aliphatic rings. The van der Waals surface area contributed by atoms with Crippen molar-refractivity contribution in [1.82, 2.24) is 4.90 Å². The highest BCUT2D eigenvalue weighted by atomic mass is 79.9. The van der Waals surface area contributed by atoms with Gasteiger partial charge >= 0.3 is 0 Å². The van der Waals surface area contributed by atoms with E-state index in [9.17, 15) is 0 Å². The average Bonchev–Trinajstić information content (AvgIpc) is 2.48. The van der Waals surface area contributed by atoms with Gasteiger partial charge in [0.05, 0.1) is 5.69 Å². The molecule has 20 heavy (non-hydrogen) atoms. The number of rotatable bonds is 2. The second kappa shape index (κ2) is 6.37. The molecule has 1 aromatic rings. The van der Waals surface area contributed by atoms with Crippen molar-refractivity contribution in [2.45, 2.75) is 44.7 Å². The zero-order chi connectivity index (χ0) is 14.1. The molecule has 2 unspecified atom stereocenters. The summed E-state index contributed by atoms with van der Waals surface area (Å²) in [7, 11) is 0. The van der Waals surface area contributed by atoms with Gasteiger partial charge in [0.25, 0.3) is 0 Å². The van der Waals surface area contributed by atoms with Crippen molar-refractivity contribution in [1.29, 1.82) is 0 Å². The first kappa shape index (κ1) is 14.9. The summed E-state index contributed by atoms with van der Waals surface area (Å²) in [6.45, 7) is 6.01. The van der Waals surface area contributed by atoms with Gasteiger partial charge in [0.1, 0.15) is 0 Å². The Labute approximate surface area is 138 Å². The predicted molar refractivity (Wildman–Crippen MR) is 92.5 cm³/mol. The van der Waals surface area contributed by atoms with E-state index in [1.54, 1.807) is 0 Å². The van der Waals surface area contributed by atoms with Gasteiger partial charge in [-0.2, -0.15) is 0 Å². The van der Waals surface area contributed by atoms with E-state index in [4.69, 9.17) is 0 Å². The van der Waals surface area contributed by atoms with Crippen molar-refractivity contribution in [3.63, 3.8) is 0 Å². The van der Waals surface area contributed by atoms with E-state index >= 15 is 0 Å². The molecule has 0 amide bonds. The van der Waals surface area contributed by atoms with E-state index in [2.05, 4.69) is 66.8 Å².